The molecule has 5 fully saturated rings. The molecule has 0 aromatic carbocycles. The van der Waals surface area contributed by atoms with Crippen LogP contribution in [0.4, 0.5) is 0 Å². The summed E-state index contributed by atoms with van der Waals surface area (Å²) >= 11 is 0. The molecule has 4 heteroatoms. The Morgan fingerprint density at radius 2 is 1.81 bits per heavy atom. The third-order valence-corrected chi connectivity index (χ3v) is 8.96. The SMILES string of the molecule is CC(=O)C[C@H]1[C@H]2CC[C@@]3(CC[C@@H]4[C@@H](C)CCC[C@@]4(C)[C@@H]3C2)[C@@H]1O.O=C=O. The molecule has 0 aliphatic heterocycles. The fraction of sp³-hybridized carbons (Fsp3) is 0.909. The zero-order chi connectivity index (χ0) is 19.1. The predicted molar refractivity (Wildman–Crippen MR) is 96.9 cm³/mol. The fourth-order valence-electron chi connectivity index (χ4n) is 8.01. The second kappa shape index (κ2) is 7.20. The number of aliphatic hydroxyl groups excluding tert-OH is 1. The number of hydrogen-bond acceptors (Lipinski definition) is 4. The molecule has 8 atom stereocenters. The van der Waals surface area contributed by atoms with Crippen molar-refractivity contribution in [2.24, 2.45) is 40.4 Å². The standard InChI is InChI=1S/C21H34O2.CO2/c1-13-5-4-8-20(3)17(13)7-10-21-9-6-15(12-18(20)21)16(19(21)23)11-14(2)22;2-1-3/h13,15-19,23H,4-12H2,1-3H3;/t13-,15-,16-,17+,18-,19+,20+,21-;/m0./s1. The fourth-order valence-corrected chi connectivity index (χ4v) is 8.01. The predicted octanol–water partition coefficient (Wildman–Crippen LogP) is 4.01. The molecule has 5 saturated carbocycles. The van der Waals surface area contributed by atoms with Crippen molar-refractivity contribution in [1.29, 1.82) is 0 Å². The van der Waals surface area contributed by atoms with Crippen LogP contribution in [-0.4, -0.2) is 23.1 Å². The van der Waals surface area contributed by atoms with Gasteiger partial charge in [0, 0.05) is 6.42 Å². The molecule has 0 amide bonds. The summed E-state index contributed by atoms with van der Waals surface area (Å²) in [6.07, 6.45) is 11.1. The molecule has 5 rings (SSSR count). The third-order valence-electron chi connectivity index (χ3n) is 8.96. The lowest BCUT2D eigenvalue weighted by molar-refractivity contribution is -0.234. The molecule has 1 N–H and O–H groups in total. The normalized spacial score (nSPS) is 49.1. The smallest absolute Gasteiger partial charge is 0.373 e. The van der Waals surface area contributed by atoms with Gasteiger partial charge in [-0.25, -0.2) is 0 Å². The summed E-state index contributed by atoms with van der Waals surface area (Å²) in [5.41, 5.74) is 0.577. The lowest BCUT2D eigenvalue weighted by Gasteiger charge is -2.69. The summed E-state index contributed by atoms with van der Waals surface area (Å²) < 4.78 is 0. The van der Waals surface area contributed by atoms with Crippen LogP contribution >= 0.6 is 0 Å². The maximum absolute atomic E-state index is 11.7. The number of carbonyl (C=O) groups excluding carboxylic acids is 3. The van der Waals surface area contributed by atoms with Crippen molar-refractivity contribution in [2.75, 3.05) is 0 Å². The highest BCUT2D eigenvalue weighted by Gasteiger charge is 2.65. The van der Waals surface area contributed by atoms with Crippen LogP contribution in [-0.2, 0) is 14.4 Å². The van der Waals surface area contributed by atoms with Gasteiger partial charge in [-0.2, -0.15) is 9.59 Å². The zero-order valence-corrected chi connectivity index (χ0v) is 16.5. The van der Waals surface area contributed by atoms with E-state index in [1.807, 2.05) is 0 Å². The molecule has 0 saturated heterocycles. The van der Waals surface area contributed by atoms with Crippen molar-refractivity contribution >= 4 is 11.9 Å². The maximum Gasteiger partial charge on any atom is 0.373 e. The van der Waals surface area contributed by atoms with Crippen LogP contribution in [0, 0.1) is 40.4 Å². The molecular formula is C22H34O4. The van der Waals surface area contributed by atoms with Crippen LogP contribution in [0.25, 0.3) is 0 Å². The van der Waals surface area contributed by atoms with Gasteiger partial charge in [-0.15, -0.1) is 0 Å². The summed E-state index contributed by atoms with van der Waals surface area (Å²) in [6, 6.07) is 0. The molecule has 0 aromatic rings. The van der Waals surface area contributed by atoms with Crippen LogP contribution in [0.1, 0.15) is 78.6 Å². The second-order valence-electron chi connectivity index (χ2n) is 9.94. The van der Waals surface area contributed by atoms with E-state index < -0.39 is 0 Å². The van der Waals surface area contributed by atoms with E-state index in [4.69, 9.17) is 9.59 Å². The van der Waals surface area contributed by atoms with Gasteiger partial charge in [0.2, 0.25) is 0 Å². The second-order valence-corrected chi connectivity index (χ2v) is 9.94. The number of hydrogen-bond donors (Lipinski definition) is 1. The first-order valence-corrected chi connectivity index (χ1v) is 10.5. The van der Waals surface area contributed by atoms with Gasteiger partial charge in [-0.1, -0.05) is 26.7 Å². The van der Waals surface area contributed by atoms with Crippen LogP contribution in [0.15, 0.2) is 0 Å². The van der Waals surface area contributed by atoms with Crippen LogP contribution in [0.2, 0.25) is 0 Å². The lowest BCUT2D eigenvalue weighted by Crippen LogP contribution is -2.65. The molecule has 0 radical (unpaired) electrons. The summed E-state index contributed by atoms with van der Waals surface area (Å²) in [5, 5.41) is 11.3. The average molecular weight is 363 g/mol. The number of aliphatic hydroxyl groups is 1. The van der Waals surface area contributed by atoms with Crippen molar-refractivity contribution in [1.82, 2.24) is 0 Å². The van der Waals surface area contributed by atoms with Gasteiger partial charge < -0.3 is 9.90 Å². The molecule has 2 bridgehead atoms. The van der Waals surface area contributed by atoms with Gasteiger partial charge >= 0.3 is 6.15 Å². The van der Waals surface area contributed by atoms with Gasteiger partial charge in [0.25, 0.3) is 0 Å². The van der Waals surface area contributed by atoms with Crippen LogP contribution < -0.4 is 0 Å². The quantitative estimate of drug-likeness (QED) is 0.805. The Labute approximate surface area is 157 Å². The first-order chi connectivity index (χ1) is 12.3. The lowest BCUT2D eigenvalue weighted by atomic mass is 9.37. The Kier molecular flexibility index (Phi) is 5.48. The van der Waals surface area contributed by atoms with Gasteiger partial charge in [-0.05, 0) is 85.9 Å². The van der Waals surface area contributed by atoms with E-state index in [1.165, 1.54) is 51.4 Å². The molecule has 0 heterocycles. The van der Waals surface area contributed by atoms with Crippen molar-refractivity contribution in [2.45, 2.75) is 84.7 Å². The first kappa shape index (κ1) is 19.8. The number of carbonyl (C=O) groups is 1. The highest BCUT2D eigenvalue weighted by Crippen LogP contribution is 2.70. The Hall–Kier alpha value is -0.990. The number of ketones is 1. The average Bonchev–Trinajstić information content (AvgIpc) is 2.58. The minimum Gasteiger partial charge on any atom is -0.392 e. The molecule has 146 valence electrons. The highest BCUT2D eigenvalue weighted by atomic mass is 16.3. The molecule has 5 aliphatic rings. The molecule has 5 aliphatic carbocycles. The topological polar surface area (TPSA) is 71.4 Å². The Balaban J connectivity index is 0.000000613. The number of fused-ring (bicyclic) bond motifs is 3. The maximum atomic E-state index is 11.7. The largest absolute Gasteiger partial charge is 0.392 e. The minimum atomic E-state index is -0.223. The molecule has 26 heavy (non-hydrogen) atoms. The van der Waals surface area contributed by atoms with E-state index in [0.29, 0.717) is 23.7 Å². The summed E-state index contributed by atoms with van der Waals surface area (Å²) in [4.78, 5) is 28.0. The number of Topliss-reactive ketones (excluding diaryl/α,β-unsaturated/α-hetero) is 1. The van der Waals surface area contributed by atoms with Gasteiger partial charge in [0.1, 0.15) is 5.78 Å². The molecule has 0 unspecified atom stereocenters. The van der Waals surface area contributed by atoms with E-state index in [2.05, 4.69) is 13.8 Å². The molecule has 4 nitrogen and oxygen atoms in total. The Morgan fingerprint density at radius 3 is 2.46 bits per heavy atom. The van der Waals surface area contributed by atoms with Gasteiger partial charge in [0.05, 0.1) is 6.10 Å². The third kappa shape index (κ3) is 2.90. The van der Waals surface area contributed by atoms with Crippen molar-refractivity contribution in [3.05, 3.63) is 0 Å². The summed E-state index contributed by atoms with van der Waals surface area (Å²) in [7, 11) is 0. The zero-order valence-electron chi connectivity index (χ0n) is 16.5. The number of rotatable bonds is 2. The van der Waals surface area contributed by atoms with Crippen LogP contribution in [0.5, 0.6) is 0 Å². The molecule has 0 aromatic heterocycles. The monoisotopic (exact) mass is 362 g/mol. The van der Waals surface area contributed by atoms with E-state index in [1.54, 1.807) is 6.92 Å². The van der Waals surface area contributed by atoms with Gasteiger partial charge in [-0.3, -0.25) is 0 Å². The van der Waals surface area contributed by atoms with E-state index in [9.17, 15) is 9.90 Å². The highest BCUT2D eigenvalue weighted by molar-refractivity contribution is 5.75. The summed E-state index contributed by atoms with van der Waals surface area (Å²) in [5.74, 6) is 3.53. The molecule has 1 spiro atoms. The Bertz CT molecular complexity index is 581. The van der Waals surface area contributed by atoms with E-state index >= 15 is 0 Å². The summed E-state index contributed by atoms with van der Waals surface area (Å²) in [6.45, 7) is 6.73. The van der Waals surface area contributed by atoms with Crippen molar-refractivity contribution < 1.29 is 19.5 Å². The van der Waals surface area contributed by atoms with Crippen molar-refractivity contribution in [3.63, 3.8) is 0 Å². The van der Waals surface area contributed by atoms with Crippen molar-refractivity contribution in [3.8, 4) is 0 Å². The Morgan fingerprint density at radius 1 is 1.15 bits per heavy atom. The van der Waals surface area contributed by atoms with E-state index in [-0.39, 0.29) is 29.4 Å². The van der Waals surface area contributed by atoms with E-state index in [0.717, 1.165) is 11.8 Å². The minimum absolute atomic E-state index is 0.136. The first-order valence-electron chi connectivity index (χ1n) is 10.5. The van der Waals surface area contributed by atoms with Crippen LogP contribution in [0.3, 0.4) is 0 Å². The van der Waals surface area contributed by atoms with Gasteiger partial charge in [0.15, 0.2) is 0 Å². The molecular weight excluding hydrogens is 328 g/mol.